The highest BCUT2D eigenvalue weighted by Crippen LogP contribution is 2.44. The number of hydrogen-bond donors (Lipinski definition) is 0. The molecule has 0 fully saturated rings. The minimum absolute atomic E-state index is 0.105. The number of aromatic nitrogens is 4. The Labute approximate surface area is 328 Å². The first kappa shape index (κ1) is 31.4. The molecule has 7 aromatic carbocycles. The zero-order chi connectivity index (χ0) is 38.2. The summed E-state index contributed by atoms with van der Waals surface area (Å²) in [5.41, 5.74) is 22.9. The van der Waals surface area contributed by atoms with E-state index in [2.05, 4.69) is 142 Å². The molecule has 0 aliphatic carbocycles. The molecule has 0 unspecified atom stereocenters. The average Bonchev–Trinajstić information content (AvgIpc) is 3.95. The average molecular weight is 735 g/mol. The molecule has 270 valence electrons. The van der Waals surface area contributed by atoms with E-state index >= 15 is 0 Å². The van der Waals surface area contributed by atoms with Crippen molar-refractivity contribution in [2.24, 2.45) is 0 Å². The Morgan fingerprint density at radius 2 is 0.895 bits per heavy atom. The summed E-state index contributed by atoms with van der Waals surface area (Å²) in [5.74, 6) is 1.87. The van der Waals surface area contributed by atoms with Gasteiger partial charge >= 0.3 is 0 Å². The molecule has 6 heterocycles. The zero-order valence-corrected chi connectivity index (χ0v) is 32.5. The van der Waals surface area contributed by atoms with Crippen molar-refractivity contribution in [1.29, 1.82) is 0 Å². The van der Waals surface area contributed by atoms with Crippen molar-refractivity contribution in [3.8, 4) is 34.2 Å². The van der Waals surface area contributed by atoms with Gasteiger partial charge < -0.3 is 8.83 Å². The SMILES string of the molecule is Cc1cc(C)c(-c2nc3c4oc5ccccc5c4cc4c3n2-c2cccc3c2B4c2cc4c5ccccc5oc4c4nc(-c5c(C)cc(C)cc5C)n-3c24)c(C)c1. The third-order valence-electron chi connectivity index (χ3n) is 12.9. The van der Waals surface area contributed by atoms with Gasteiger partial charge in [-0.3, -0.25) is 9.13 Å². The van der Waals surface area contributed by atoms with E-state index in [0.29, 0.717) is 0 Å². The Balaban J connectivity index is 1.26. The van der Waals surface area contributed by atoms with Crippen molar-refractivity contribution in [3.05, 3.63) is 137 Å². The summed E-state index contributed by atoms with van der Waals surface area (Å²) in [7, 11) is 0. The Kier molecular flexibility index (Phi) is 5.78. The molecular formula is C50H35BN4O2. The van der Waals surface area contributed by atoms with Crippen molar-refractivity contribution in [3.63, 3.8) is 0 Å². The number of aryl methyl sites for hydroxylation is 6. The Bertz CT molecular complexity index is 3390. The lowest BCUT2D eigenvalue weighted by atomic mass is 9.34. The second-order valence-electron chi connectivity index (χ2n) is 16.5. The van der Waals surface area contributed by atoms with E-state index in [1.807, 2.05) is 12.1 Å². The Morgan fingerprint density at radius 1 is 0.474 bits per heavy atom. The topological polar surface area (TPSA) is 61.9 Å². The van der Waals surface area contributed by atoms with Gasteiger partial charge in [-0.05, 0) is 104 Å². The van der Waals surface area contributed by atoms with E-state index in [9.17, 15) is 0 Å². The maximum atomic E-state index is 6.76. The van der Waals surface area contributed by atoms with E-state index in [4.69, 9.17) is 18.8 Å². The fraction of sp³-hybridized carbons (Fsp3) is 0.120. The lowest BCUT2D eigenvalue weighted by molar-refractivity contribution is 0.671. The normalized spacial score (nSPS) is 13.1. The van der Waals surface area contributed by atoms with E-state index in [1.54, 1.807) is 0 Å². The van der Waals surface area contributed by atoms with Crippen LogP contribution in [0.5, 0.6) is 0 Å². The first-order chi connectivity index (χ1) is 27.7. The van der Waals surface area contributed by atoms with Gasteiger partial charge in [-0.15, -0.1) is 0 Å². The molecule has 0 spiro atoms. The van der Waals surface area contributed by atoms with Crippen LogP contribution in [0.15, 0.2) is 112 Å². The fourth-order valence-electron chi connectivity index (χ4n) is 10.9. The van der Waals surface area contributed by atoms with Crippen molar-refractivity contribution in [1.82, 2.24) is 19.1 Å². The van der Waals surface area contributed by atoms with Crippen molar-refractivity contribution >= 4 is 89.0 Å². The van der Waals surface area contributed by atoms with E-state index in [0.717, 1.165) is 100 Å². The van der Waals surface area contributed by atoms with Crippen molar-refractivity contribution in [2.45, 2.75) is 41.5 Å². The molecule has 0 amide bonds. The second-order valence-corrected chi connectivity index (χ2v) is 16.5. The van der Waals surface area contributed by atoms with E-state index in [-0.39, 0.29) is 6.71 Å². The first-order valence-corrected chi connectivity index (χ1v) is 19.8. The van der Waals surface area contributed by atoms with Gasteiger partial charge in [-0.2, -0.15) is 0 Å². The van der Waals surface area contributed by atoms with Crippen molar-refractivity contribution in [2.75, 3.05) is 0 Å². The summed E-state index contributed by atoms with van der Waals surface area (Å²) in [6, 6.07) is 37.4. The molecule has 2 aliphatic rings. The summed E-state index contributed by atoms with van der Waals surface area (Å²) in [4.78, 5) is 11.3. The summed E-state index contributed by atoms with van der Waals surface area (Å²) >= 11 is 0. The minimum atomic E-state index is -0.105. The highest BCUT2D eigenvalue weighted by Gasteiger charge is 2.43. The maximum Gasteiger partial charge on any atom is 0.252 e. The molecule has 6 nitrogen and oxygen atoms in total. The molecule has 0 radical (unpaired) electrons. The van der Waals surface area contributed by atoms with Crippen molar-refractivity contribution < 1.29 is 8.83 Å². The third kappa shape index (κ3) is 3.82. The quantitative estimate of drug-likeness (QED) is 0.166. The van der Waals surface area contributed by atoms with Gasteiger partial charge in [0, 0.05) is 44.0 Å². The fourth-order valence-corrected chi connectivity index (χ4v) is 10.9. The summed E-state index contributed by atoms with van der Waals surface area (Å²) < 4.78 is 18.4. The summed E-state index contributed by atoms with van der Waals surface area (Å²) in [6.07, 6.45) is 0. The number of benzene rings is 7. The smallest absolute Gasteiger partial charge is 0.252 e. The van der Waals surface area contributed by atoms with Crippen LogP contribution in [-0.2, 0) is 0 Å². The largest absolute Gasteiger partial charge is 0.454 e. The van der Waals surface area contributed by atoms with Gasteiger partial charge in [0.05, 0.1) is 11.0 Å². The zero-order valence-electron chi connectivity index (χ0n) is 32.5. The van der Waals surface area contributed by atoms with Gasteiger partial charge in [-0.25, -0.2) is 9.97 Å². The van der Waals surface area contributed by atoms with Crippen LogP contribution in [-0.4, -0.2) is 25.8 Å². The summed E-state index contributed by atoms with van der Waals surface area (Å²) in [5, 5.41) is 4.36. The van der Waals surface area contributed by atoms with Crippen LogP contribution >= 0.6 is 0 Å². The number of fused-ring (bicyclic) bond motifs is 12. The van der Waals surface area contributed by atoms with Gasteiger partial charge in [0.15, 0.2) is 11.2 Å². The van der Waals surface area contributed by atoms with Crippen LogP contribution in [0.25, 0.3) is 100 Å². The van der Waals surface area contributed by atoms with Crippen LogP contribution in [0.4, 0.5) is 0 Å². The predicted octanol–water partition coefficient (Wildman–Crippen LogP) is 10.5. The molecule has 0 N–H and O–H groups in total. The molecule has 4 aromatic heterocycles. The van der Waals surface area contributed by atoms with E-state index < -0.39 is 0 Å². The molecule has 13 rings (SSSR count). The van der Waals surface area contributed by atoms with Crippen LogP contribution in [0, 0.1) is 41.5 Å². The van der Waals surface area contributed by atoms with E-state index in [1.165, 1.54) is 49.8 Å². The molecule has 0 atom stereocenters. The standard InChI is InChI=1S/C50H35BN4O2/c1-24-18-26(3)40(27(4)19-24)49-52-43-45-34(22-32-30-12-7-9-16-38(30)56-47(32)43)51-35-23-33-31-13-8-10-17-39(31)57-48(33)44-46(35)55(37-15-11-14-36(42(37)51)54(45)49)50(53-44)41-28(5)20-25(2)21-29(41)6/h7-23H,1-6H3. The number of rotatable bonds is 2. The lowest BCUT2D eigenvalue weighted by Crippen LogP contribution is -2.59. The lowest BCUT2D eigenvalue weighted by Gasteiger charge is -2.33. The molecule has 57 heavy (non-hydrogen) atoms. The molecule has 0 bridgehead atoms. The van der Waals surface area contributed by atoms with Gasteiger partial charge in [-0.1, -0.05) is 90.0 Å². The molecule has 0 saturated carbocycles. The molecule has 2 aliphatic heterocycles. The van der Waals surface area contributed by atoms with Gasteiger partial charge in [0.1, 0.15) is 33.8 Å². The number of para-hydroxylation sites is 2. The third-order valence-corrected chi connectivity index (χ3v) is 12.9. The van der Waals surface area contributed by atoms with Crippen LogP contribution in [0.3, 0.4) is 0 Å². The van der Waals surface area contributed by atoms with Gasteiger partial charge in [0.2, 0.25) is 0 Å². The molecule has 0 saturated heterocycles. The minimum Gasteiger partial charge on any atom is -0.454 e. The highest BCUT2D eigenvalue weighted by molar-refractivity contribution is 7.00. The number of hydrogen-bond acceptors (Lipinski definition) is 4. The number of imidazole rings is 2. The first-order valence-electron chi connectivity index (χ1n) is 19.8. The maximum absolute atomic E-state index is 6.76. The second kappa shape index (κ2) is 10.5. The van der Waals surface area contributed by atoms with Crippen LogP contribution in [0.2, 0.25) is 0 Å². The Hall–Kier alpha value is -6.86. The van der Waals surface area contributed by atoms with Gasteiger partial charge in [0.25, 0.3) is 6.71 Å². The molecule has 7 heteroatoms. The summed E-state index contributed by atoms with van der Waals surface area (Å²) in [6.45, 7) is 13.1. The predicted molar refractivity (Wildman–Crippen MR) is 234 cm³/mol. The monoisotopic (exact) mass is 734 g/mol. The number of furan rings is 2. The number of nitrogens with zero attached hydrogens (tertiary/aromatic N) is 4. The Morgan fingerprint density at radius 3 is 1.33 bits per heavy atom. The highest BCUT2D eigenvalue weighted by atomic mass is 16.3. The van der Waals surface area contributed by atoms with Crippen LogP contribution in [0.1, 0.15) is 33.4 Å². The molecular weight excluding hydrogens is 699 g/mol. The molecule has 11 aromatic rings. The van der Waals surface area contributed by atoms with Crippen LogP contribution < -0.4 is 16.4 Å².